The summed E-state index contributed by atoms with van der Waals surface area (Å²) >= 11 is 2.67. The van der Waals surface area contributed by atoms with Crippen LogP contribution in [0.2, 0.25) is 0 Å². The summed E-state index contributed by atoms with van der Waals surface area (Å²) in [5.41, 5.74) is 1.82. The van der Waals surface area contributed by atoms with Gasteiger partial charge >= 0.3 is 0 Å². The summed E-state index contributed by atoms with van der Waals surface area (Å²) in [6, 6.07) is 5.68. The first-order chi connectivity index (χ1) is 14.0. The number of methoxy groups -OCH3 is 1. The molecule has 1 aliphatic carbocycles. The number of aryl methyl sites for hydroxylation is 1. The standard InChI is InChI=1S/C21H19N3O3S2/c1-12-9-14(27-2)5-6-16(12)23-19-8-7-17(25)18(29-19)10-15-11-22-21(28-15)24-20(26)13-3-4-13/h5-11,13H,3-4H2,1-2H3,(H,22,24,26)/b18-10-,23-19-. The number of aromatic nitrogens is 1. The van der Waals surface area contributed by atoms with Crippen LogP contribution in [0.3, 0.4) is 0 Å². The molecule has 1 aromatic carbocycles. The van der Waals surface area contributed by atoms with Gasteiger partial charge < -0.3 is 10.1 Å². The van der Waals surface area contributed by atoms with Crippen LogP contribution in [0.15, 0.2) is 46.4 Å². The molecule has 1 aliphatic heterocycles. The van der Waals surface area contributed by atoms with Crippen LogP contribution in [0.25, 0.3) is 6.08 Å². The van der Waals surface area contributed by atoms with E-state index in [1.54, 1.807) is 25.5 Å². The zero-order valence-corrected chi connectivity index (χ0v) is 17.6. The Hall–Kier alpha value is -2.71. The maximum absolute atomic E-state index is 12.3. The molecule has 8 heteroatoms. The Bertz CT molecular complexity index is 1060. The second kappa shape index (κ2) is 8.34. The Labute approximate surface area is 176 Å². The minimum atomic E-state index is -0.0719. The number of thiazole rings is 1. The van der Waals surface area contributed by atoms with Crippen molar-refractivity contribution in [2.24, 2.45) is 10.9 Å². The van der Waals surface area contributed by atoms with Gasteiger partial charge in [-0.25, -0.2) is 9.98 Å². The van der Waals surface area contributed by atoms with E-state index in [-0.39, 0.29) is 17.6 Å². The summed E-state index contributed by atoms with van der Waals surface area (Å²) in [5, 5.41) is 4.12. The van der Waals surface area contributed by atoms with Crippen molar-refractivity contribution in [1.29, 1.82) is 0 Å². The summed E-state index contributed by atoms with van der Waals surface area (Å²) in [5.74, 6) is 0.858. The molecule has 0 radical (unpaired) electrons. The quantitative estimate of drug-likeness (QED) is 0.699. The molecular weight excluding hydrogens is 406 g/mol. The molecule has 0 saturated heterocycles. The van der Waals surface area contributed by atoms with Crippen LogP contribution in [0.4, 0.5) is 10.8 Å². The lowest BCUT2D eigenvalue weighted by molar-refractivity contribution is -0.117. The van der Waals surface area contributed by atoms with Crippen molar-refractivity contribution in [2.45, 2.75) is 19.8 Å². The van der Waals surface area contributed by atoms with E-state index < -0.39 is 0 Å². The highest BCUT2D eigenvalue weighted by molar-refractivity contribution is 8.18. The van der Waals surface area contributed by atoms with Gasteiger partial charge in [0.15, 0.2) is 10.9 Å². The number of carbonyl (C=O) groups is 2. The first-order valence-corrected chi connectivity index (χ1v) is 10.8. The number of ether oxygens (including phenoxy) is 1. The monoisotopic (exact) mass is 425 g/mol. The molecule has 148 valence electrons. The molecule has 0 atom stereocenters. The number of rotatable bonds is 5. The minimum Gasteiger partial charge on any atom is -0.497 e. The third-order valence-corrected chi connectivity index (χ3v) is 6.28. The number of amides is 1. The molecule has 4 rings (SSSR count). The van der Waals surface area contributed by atoms with Gasteiger partial charge in [-0.2, -0.15) is 0 Å². The average molecular weight is 426 g/mol. The molecule has 6 nitrogen and oxygen atoms in total. The maximum atomic E-state index is 12.3. The number of aliphatic imine (C=N–C) groups is 1. The highest BCUT2D eigenvalue weighted by atomic mass is 32.2. The lowest BCUT2D eigenvalue weighted by atomic mass is 10.2. The average Bonchev–Trinajstić information content (AvgIpc) is 3.47. The fraction of sp³-hybridized carbons (Fsp3) is 0.238. The van der Waals surface area contributed by atoms with Gasteiger partial charge in [0, 0.05) is 12.1 Å². The van der Waals surface area contributed by atoms with Gasteiger partial charge in [0.1, 0.15) is 10.8 Å². The Kier molecular flexibility index (Phi) is 5.64. The predicted octanol–water partition coefficient (Wildman–Crippen LogP) is 4.75. The van der Waals surface area contributed by atoms with Crippen LogP contribution in [0, 0.1) is 12.8 Å². The van der Waals surface area contributed by atoms with Crippen molar-refractivity contribution in [2.75, 3.05) is 12.4 Å². The molecule has 1 saturated carbocycles. The van der Waals surface area contributed by atoms with Gasteiger partial charge in [0.2, 0.25) is 5.91 Å². The van der Waals surface area contributed by atoms with E-state index in [1.165, 1.54) is 29.2 Å². The molecular formula is C21H19N3O3S2. The van der Waals surface area contributed by atoms with Crippen molar-refractivity contribution in [3.8, 4) is 5.75 Å². The summed E-state index contributed by atoms with van der Waals surface area (Å²) in [4.78, 5) is 34.4. The van der Waals surface area contributed by atoms with Crippen molar-refractivity contribution < 1.29 is 14.3 Å². The van der Waals surface area contributed by atoms with E-state index in [9.17, 15) is 9.59 Å². The second-order valence-electron chi connectivity index (χ2n) is 6.74. The zero-order chi connectivity index (χ0) is 20.4. The topological polar surface area (TPSA) is 80.7 Å². The summed E-state index contributed by atoms with van der Waals surface area (Å²) < 4.78 is 5.23. The predicted molar refractivity (Wildman–Crippen MR) is 118 cm³/mol. The molecule has 1 aromatic heterocycles. The molecule has 0 spiro atoms. The summed E-state index contributed by atoms with van der Waals surface area (Å²) in [6.45, 7) is 1.97. The fourth-order valence-electron chi connectivity index (χ4n) is 2.68. The second-order valence-corrected chi connectivity index (χ2v) is 8.87. The van der Waals surface area contributed by atoms with Crippen molar-refractivity contribution in [1.82, 2.24) is 4.98 Å². The van der Waals surface area contributed by atoms with Gasteiger partial charge in [-0.1, -0.05) is 23.1 Å². The molecule has 1 amide bonds. The van der Waals surface area contributed by atoms with E-state index in [0.717, 1.165) is 39.8 Å². The first kappa shape index (κ1) is 19.6. The molecule has 1 N–H and O–H groups in total. The van der Waals surface area contributed by atoms with Gasteiger partial charge in [0.25, 0.3) is 0 Å². The van der Waals surface area contributed by atoms with E-state index in [4.69, 9.17) is 4.74 Å². The third-order valence-electron chi connectivity index (χ3n) is 4.44. The molecule has 29 heavy (non-hydrogen) atoms. The van der Waals surface area contributed by atoms with Crippen molar-refractivity contribution in [3.05, 3.63) is 51.9 Å². The molecule has 2 heterocycles. The number of allylic oxidation sites excluding steroid dienone is 2. The number of benzene rings is 1. The van der Waals surface area contributed by atoms with Gasteiger partial charge in [-0.3, -0.25) is 9.59 Å². The van der Waals surface area contributed by atoms with Crippen LogP contribution in [-0.4, -0.2) is 28.8 Å². The van der Waals surface area contributed by atoms with Crippen LogP contribution < -0.4 is 10.1 Å². The summed E-state index contributed by atoms with van der Waals surface area (Å²) in [7, 11) is 1.63. The maximum Gasteiger partial charge on any atom is 0.229 e. The van der Waals surface area contributed by atoms with Crippen LogP contribution in [0.1, 0.15) is 23.3 Å². The Morgan fingerprint density at radius 3 is 2.90 bits per heavy atom. The molecule has 0 unspecified atom stereocenters. The highest BCUT2D eigenvalue weighted by Gasteiger charge is 2.30. The fourth-order valence-corrected chi connectivity index (χ4v) is 4.38. The Morgan fingerprint density at radius 1 is 1.34 bits per heavy atom. The summed E-state index contributed by atoms with van der Waals surface area (Å²) in [6.07, 6.45) is 8.59. The number of hydrogen-bond donors (Lipinski definition) is 1. The van der Waals surface area contributed by atoms with E-state index in [2.05, 4.69) is 15.3 Å². The Balaban J connectivity index is 1.51. The van der Waals surface area contributed by atoms with Crippen molar-refractivity contribution in [3.63, 3.8) is 0 Å². The normalized spacial score (nSPS) is 19.0. The van der Waals surface area contributed by atoms with E-state index in [0.29, 0.717) is 10.0 Å². The number of nitrogens with zero attached hydrogens (tertiary/aromatic N) is 2. The largest absolute Gasteiger partial charge is 0.497 e. The molecule has 1 fully saturated rings. The number of carbonyl (C=O) groups excluding carboxylic acids is 2. The smallest absolute Gasteiger partial charge is 0.229 e. The lowest BCUT2D eigenvalue weighted by Crippen LogP contribution is -2.12. The van der Waals surface area contributed by atoms with Crippen LogP contribution in [-0.2, 0) is 9.59 Å². The highest BCUT2D eigenvalue weighted by Crippen LogP contribution is 2.33. The van der Waals surface area contributed by atoms with Gasteiger partial charge in [0.05, 0.1) is 22.6 Å². The van der Waals surface area contributed by atoms with Gasteiger partial charge in [-0.05, 0) is 61.8 Å². The lowest BCUT2D eigenvalue weighted by Gasteiger charge is -2.10. The molecule has 0 bridgehead atoms. The molecule has 2 aromatic rings. The van der Waals surface area contributed by atoms with E-state index in [1.807, 2.05) is 25.1 Å². The SMILES string of the molecule is COc1ccc(/N=C2/C=CC(=O)/C(=C/c3cnc(NC(=O)C4CC4)s3)S2)c(C)c1. The van der Waals surface area contributed by atoms with Crippen LogP contribution in [0.5, 0.6) is 5.75 Å². The van der Waals surface area contributed by atoms with Crippen molar-refractivity contribution >= 4 is 56.7 Å². The Morgan fingerprint density at radius 2 is 2.17 bits per heavy atom. The number of ketones is 1. The number of thioether (sulfide) groups is 1. The van der Waals surface area contributed by atoms with E-state index >= 15 is 0 Å². The number of hydrogen-bond acceptors (Lipinski definition) is 7. The minimum absolute atomic E-state index is 0.0221. The van der Waals surface area contributed by atoms with Crippen LogP contribution >= 0.6 is 23.1 Å². The zero-order valence-electron chi connectivity index (χ0n) is 16.0. The number of anilines is 1. The van der Waals surface area contributed by atoms with Gasteiger partial charge in [-0.15, -0.1) is 0 Å². The third kappa shape index (κ3) is 4.83. The first-order valence-electron chi connectivity index (χ1n) is 9.14. The number of nitrogens with one attached hydrogen (secondary N) is 1. The molecule has 2 aliphatic rings.